The molecule has 0 saturated heterocycles. The molecule has 1 spiro atoms. The van der Waals surface area contributed by atoms with Gasteiger partial charge in [0.25, 0.3) is 5.72 Å². The Morgan fingerprint density at radius 3 is 3.18 bits per heavy atom. The highest BCUT2D eigenvalue weighted by molar-refractivity contribution is 6.05. The molecule has 1 atom stereocenters. The van der Waals surface area contributed by atoms with Crippen LogP contribution < -0.4 is 10.1 Å². The lowest BCUT2D eigenvalue weighted by molar-refractivity contribution is 0.165. The van der Waals surface area contributed by atoms with Crippen molar-refractivity contribution in [3.8, 4) is 5.75 Å². The second kappa shape index (κ2) is 2.85. The highest BCUT2D eigenvalue weighted by Crippen LogP contribution is 2.37. The molecule has 0 radical (unpaired) electrons. The maximum Gasteiger partial charge on any atom is 0.252 e. The quantitative estimate of drug-likeness (QED) is 0.726. The summed E-state index contributed by atoms with van der Waals surface area (Å²) in [5, 5.41) is 3.18. The number of nitrogens with zero attached hydrogens (tertiary/aromatic N) is 2. The molecule has 4 nitrogen and oxygen atoms in total. The van der Waals surface area contributed by atoms with E-state index >= 15 is 0 Å². The number of amidine groups is 1. The molecule has 4 heteroatoms. The van der Waals surface area contributed by atoms with Crippen LogP contribution in [0.4, 0.5) is 0 Å². The lowest BCUT2D eigenvalue weighted by atomic mass is 9.98. The second-order valence-electron chi connectivity index (χ2n) is 4.09. The van der Waals surface area contributed by atoms with Crippen LogP contribution >= 0.6 is 0 Å². The lowest BCUT2D eigenvalue weighted by Gasteiger charge is -2.37. The van der Waals surface area contributed by atoms with E-state index in [4.69, 9.17) is 4.74 Å². The Labute approximate surface area is 98.0 Å². The van der Waals surface area contributed by atoms with Gasteiger partial charge in [-0.15, -0.1) is 0 Å². The maximum atomic E-state index is 6.02. The van der Waals surface area contributed by atoms with Crippen molar-refractivity contribution in [2.45, 2.75) is 5.72 Å². The van der Waals surface area contributed by atoms with E-state index in [9.17, 15) is 0 Å². The summed E-state index contributed by atoms with van der Waals surface area (Å²) in [5.41, 5.74) is 1.18. The van der Waals surface area contributed by atoms with Crippen molar-refractivity contribution in [3.63, 3.8) is 0 Å². The van der Waals surface area contributed by atoms with E-state index in [1.54, 1.807) is 12.4 Å². The molecule has 3 aliphatic rings. The zero-order chi connectivity index (χ0) is 11.3. The normalized spacial score (nSPS) is 27.1. The molecule has 0 aliphatic carbocycles. The Balaban J connectivity index is 1.95. The Morgan fingerprint density at radius 2 is 2.18 bits per heavy atom. The van der Waals surface area contributed by atoms with Gasteiger partial charge in [0.05, 0.1) is 11.1 Å². The predicted octanol–water partition coefficient (Wildman–Crippen LogP) is 1.61. The van der Waals surface area contributed by atoms with E-state index in [2.05, 4.69) is 15.3 Å². The number of nitrogens with one attached hydrogen (secondary N) is 1. The highest BCUT2D eigenvalue weighted by atomic mass is 16.5. The van der Waals surface area contributed by atoms with Crippen molar-refractivity contribution in [1.82, 2.24) is 5.32 Å². The lowest BCUT2D eigenvalue weighted by Crippen LogP contribution is -2.46. The van der Waals surface area contributed by atoms with Gasteiger partial charge >= 0.3 is 0 Å². The third kappa shape index (κ3) is 1.07. The van der Waals surface area contributed by atoms with Crippen molar-refractivity contribution in [2.24, 2.45) is 9.98 Å². The summed E-state index contributed by atoms with van der Waals surface area (Å²) in [6.07, 6.45) is 7.25. The summed E-state index contributed by atoms with van der Waals surface area (Å²) in [4.78, 5) is 8.72. The topological polar surface area (TPSA) is 46.0 Å². The van der Waals surface area contributed by atoms with Gasteiger partial charge in [-0.25, -0.2) is 4.99 Å². The zero-order valence-corrected chi connectivity index (χ0v) is 8.92. The highest BCUT2D eigenvalue weighted by Gasteiger charge is 2.41. The molecule has 1 aromatic carbocycles. The molecule has 0 amide bonds. The van der Waals surface area contributed by atoms with Crippen LogP contribution in [0, 0.1) is 0 Å². The number of rotatable bonds is 0. The molecular formula is C13H9N3O. The fourth-order valence-electron chi connectivity index (χ4n) is 2.22. The number of fused-ring (bicyclic) bond motifs is 2. The van der Waals surface area contributed by atoms with E-state index in [1.165, 1.54) is 0 Å². The first-order valence-corrected chi connectivity index (χ1v) is 5.44. The SMILES string of the molecule is C1=CC23N=C(NC=C2C=N1)c1ccccc1O3. The van der Waals surface area contributed by atoms with Crippen LogP contribution in [0.3, 0.4) is 0 Å². The van der Waals surface area contributed by atoms with Gasteiger partial charge < -0.3 is 10.1 Å². The zero-order valence-electron chi connectivity index (χ0n) is 8.92. The molecule has 0 aromatic heterocycles. The minimum atomic E-state index is -0.726. The molecule has 2 bridgehead atoms. The van der Waals surface area contributed by atoms with Crippen molar-refractivity contribution in [1.29, 1.82) is 0 Å². The van der Waals surface area contributed by atoms with Crippen LogP contribution in [0.1, 0.15) is 5.56 Å². The van der Waals surface area contributed by atoms with Gasteiger partial charge in [-0.05, 0) is 12.1 Å². The molecule has 0 fully saturated rings. The maximum absolute atomic E-state index is 6.02. The molecule has 82 valence electrons. The summed E-state index contributed by atoms with van der Waals surface area (Å²) in [5.74, 6) is 1.69. The van der Waals surface area contributed by atoms with Gasteiger partial charge in [0.2, 0.25) is 0 Å². The van der Waals surface area contributed by atoms with E-state index in [0.717, 1.165) is 22.7 Å². The summed E-state index contributed by atoms with van der Waals surface area (Å²) >= 11 is 0. The molecule has 1 unspecified atom stereocenters. The summed E-state index contributed by atoms with van der Waals surface area (Å²) in [6.45, 7) is 0. The summed E-state index contributed by atoms with van der Waals surface area (Å²) in [6, 6.07) is 7.88. The number of aliphatic imine (C=N–C) groups is 2. The Kier molecular flexibility index (Phi) is 1.47. The van der Waals surface area contributed by atoms with Crippen LogP contribution in [0.25, 0.3) is 0 Å². The molecule has 0 saturated carbocycles. The van der Waals surface area contributed by atoms with Crippen molar-refractivity contribution >= 4 is 12.1 Å². The van der Waals surface area contributed by atoms with E-state index in [1.807, 2.05) is 36.5 Å². The Bertz CT molecular complexity index is 627. The minimum Gasteiger partial charge on any atom is -0.457 e. The van der Waals surface area contributed by atoms with E-state index in [-0.39, 0.29) is 0 Å². The summed E-state index contributed by atoms with van der Waals surface area (Å²) in [7, 11) is 0. The smallest absolute Gasteiger partial charge is 0.252 e. The first-order chi connectivity index (χ1) is 8.37. The van der Waals surface area contributed by atoms with Crippen LogP contribution in [-0.2, 0) is 0 Å². The fraction of sp³-hybridized carbons (Fsp3) is 0.0769. The minimum absolute atomic E-state index is 0.726. The van der Waals surface area contributed by atoms with Gasteiger partial charge in [-0.1, -0.05) is 12.1 Å². The molecular weight excluding hydrogens is 214 g/mol. The largest absolute Gasteiger partial charge is 0.457 e. The number of ether oxygens (including phenoxy) is 1. The number of hydrogen-bond donors (Lipinski definition) is 1. The first-order valence-electron chi connectivity index (χ1n) is 5.44. The molecule has 4 rings (SSSR count). The number of benzene rings is 1. The average Bonchev–Trinajstić information content (AvgIpc) is 2.38. The molecule has 17 heavy (non-hydrogen) atoms. The Morgan fingerprint density at radius 1 is 1.24 bits per heavy atom. The van der Waals surface area contributed by atoms with Crippen LogP contribution in [0.15, 0.2) is 58.3 Å². The van der Waals surface area contributed by atoms with Crippen LogP contribution in [-0.4, -0.2) is 17.8 Å². The molecule has 1 aromatic rings. The van der Waals surface area contributed by atoms with Crippen LogP contribution in [0.2, 0.25) is 0 Å². The predicted molar refractivity (Wildman–Crippen MR) is 65.2 cm³/mol. The third-order valence-corrected chi connectivity index (χ3v) is 3.06. The molecule has 3 aliphatic heterocycles. The first kappa shape index (κ1) is 8.75. The number of para-hydroxylation sites is 1. The summed E-state index contributed by atoms with van der Waals surface area (Å²) < 4.78 is 6.02. The average molecular weight is 223 g/mol. The third-order valence-electron chi connectivity index (χ3n) is 3.06. The molecule has 1 N–H and O–H groups in total. The van der Waals surface area contributed by atoms with Crippen LogP contribution in [0.5, 0.6) is 5.75 Å². The van der Waals surface area contributed by atoms with Crippen molar-refractivity contribution < 1.29 is 4.74 Å². The Hall–Kier alpha value is -2.36. The van der Waals surface area contributed by atoms with E-state index < -0.39 is 5.72 Å². The monoisotopic (exact) mass is 223 g/mol. The van der Waals surface area contributed by atoms with Gasteiger partial charge in [-0.2, -0.15) is 0 Å². The van der Waals surface area contributed by atoms with Gasteiger partial charge in [0, 0.05) is 24.7 Å². The molecule has 3 heterocycles. The number of hydrogen-bond acceptors (Lipinski definition) is 4. The van der Waals surface area contributed by atoms with Gasteiger partial charge in [0.1, 0.15) is 11.6 Å². The van der Waals surface area contributed by atoms with Crippen molar-refractivity contribution in [2.75, 3.05) is 0 Å². The standard InChI is InChI=1S/C13H9N3O/c1-2-4-11-10(3-1)12-15-8-9-7-14-6-5-13(9,16-12)17-11/h1-8H,(H,15,16). The second-order valence-corrected chi connectivity index (χ2v) is 4.09. The van der Waals surface area contributed by atoms with Gasteiger partial charge in [-0.3, -0.25) is 4.99 Å². The van der Waals surface area contributed by atoms with Gasteiger partial charge in [0.15, 0.2) is 0 Å². The van der Waals surface area contributed by atoms with Crippen molar-refractivity contribution in [3.05, 3.63) is 53.9 Å². The van der Waals surface area contributed by atoms with E-state index in [0.29, 0.717) is 0 Å². The fourth-order valence-corrected chi connectivity index (χ4v) is 2.22.